The highest BCUT2D eigenvalue weighted by atomic mass is 28.4. The summed E-state index contributed by atoms with van der Waals surface area (Å²) in [5.74, 6) is 0. The van der Waals surface area contributed by atoms with Gasteiger partial charge >= 0.3 is 6.09 Å². The van der Waals surface area contributed by atoms with Crippen LogP contribution in [0, 0.1) is 5.41 Å². The maximum atomic E-state index is 11.2. The molecule has 0 bridgehead atoms. The van der Waals surface area contributed by atoms with Crippen LogP contribution in [0.4, 0.5) is 4.79 Å². The highest BCUT2D eigenvalue weighted by Gasteiger charge is 2.43. The number of likely N-dealkylation sites (N-methyl/N-ethyl adjacent to an activating group) is 2. The molecule has 0 aromatic carbocycles. The van der Waals surface area contributed by atoms with Gasteiger partial charge in [0.2, 0.25) is 0 Å². The van der Waals surface area contributed by atoms with Gasteiger partial charge in [-0.1, -0.05) is 40.7 Å². The number of nitrogens with zero attached hydrogens (tertiary/aromatic N) is 4. The molecule has 0 radical (unpaired) electrons. The lowest BCUT2D eigenvalue weighted by Gasteiger charge is -2.45. The lowest BCUT2D eigenvalue weighted by atomic mass is 9.75. The van der Waals surface area contributed by atoms with Gasteiger partial charge in [0, 0.05) is 45.0 Å². The number of hydrogen-bond acceptors (Lipinski definition) is 5. The summed E-state index contributed by atoms with van der Waals surface area (Å²) < 4.78 is 15.1. The van der Waals surface area contributed by atoms with Crippen LogP contribution >= 0.6 is 0 Å². The first kappa shape index (κ1) is 29.9. The van der Waals surface area contributed by atoms with E-state index in [0.29, 0.717) is 19.6 Å². The van der Waals surface area contributed by atoms with Crippen molar-refractivity contribution in [3.8, 4) is 0 Å². The molecule has 1 N–H and O–H groups in total. The van der Waals surface area contributed by atoms with Gasteiger partial charge in [-0.25, -0.2) is 9.48 Å². The first-order valence-electron chi connectivity index (χ1n) is 13.8. The molecule has 1 unspecified atom stereocenters. The molecule has 9 heteroatoms. The third kappa shape index (κ3) is 7.46. The van der Waals surface area contributed by atoms with Gasteiger partial charge in [-0.15, -0.1) is 0 Å². The summed E-state index contributed by atoms with van der Waals surface area (Å²) in [5, 5.41) is 14.5. The molecule has 0 saturated carbocycles. The van der Waals surface area contributed by atoms with E-state index >= 15 is 0 Å². The molecule has 2 aliphatic rings. The summed E-state index contributed by atoms with van der Waals surface area (Å²) in [6.45, 7) is 18.8. The van der Waals surface area contributed by atoms with E-state index in [1.165, 1.54) is 10.5 Å². The van der Waals surface area contributed by atoms with Crippen molar-refractivity contribution in [1.29, 1.82) is 0 Å². The van der Waals surface area contributed by atoms with E-state index in [0.717, 1.165) is 50.0 Å². The molecule has 210 valence electrons. The molecule has 2 heterocycles. The van der Waals surface area contributed by atoms with Crippen LogP contribution in [0.1, 0.15) is 84.2 Å². The second-order valence-electron chi connectivity index (χ2n) is 13.2. The van der Waals surface area contributed by atoms with E-state index in [1.807, 2.05) is 11.7 Å². The molecule has 1 aromatic heterocycles. The summed E-state index contributed by atoms with van der Waals surface area (Å²) in [5.41, 5.74) is 3.51. The first-order chi connectivity index (χ1) is 17.1. The molecule has 1 fully saturated rings. The monoisotopic (exact) mass is 534 g/mol. The van der Waals surface area contributed by atoms with Crippen molar-refractivity contribution in [3.05, 3.63) is 23.5 Å². The first-order valence-corrected chi connectivity index (χ1v) is 16.7. The zero-order valence-corrected chi connectivity index (χ0v) is 25.6. The zero-order valence-electron chi connectivity index (χ0n) is 24.6. The number of carbonyl (C=O) groups is 1. The summed E-state index contributed by atoms with van der Waals surface area (Å²) in [7, 11) is 1.69. The molecule has 1 saturated heterocycles. The molecule has 0 spiro atoms. The van der Waals surface area contributed by atoms with Crippen LogP contribution in [0.25, 0.3) is 5.57 Å². The van der Waals surface area contributed by atoms with Crippen LogP contribution in [0.3, 0.4) is 0 Å². The number of allylic oxidation sites excluding steroid dienone is 1. The molecule has 2 atom stereocenters. The van der Waals surface area contributed by atoms with Gasteiger partial charge in [0.1, 0.15) is 6.23 Å². The molecule has 1 amide bonds. The fourth-order valence-electron chi connectivity index (χ4n) is 4.66. The number of hydrogen-bond donors (Lipinski definition) is 1. The Labute approximate surface area is 225 Å². The summed E-state index contributed by atoms with van der Waals surface area (Å²) >= 11 is 0. The zero-order chi connectivity index (χ0) is 27.6. The van der Waals surface area contributed by atoms with E-state index in [4.69, 9.17) is 14.3 Å². The predicted octanol–water partition coefficient (Wildman–Crippen LogP) is 6.22. The minimum atomic E-state index is -1.95. The molecular formula is C28H50N4O4Si. The van der Waals surface area contributed by atoms with E-state index in [2.05, 4.69) is 64.9 Å². The normalized spacial score (nSPS) is 22.7. The summed E-state index contributed by atoms with van der Waals surface area (Å²) in [6.07, 6.45) is 8.84. The topological polar surface area (TPSA) is 80.1 Å². The number of carboxylic acid groups (broad SMARTS) is 1. The largest absolute Gasteiger partial charge is 0.465 e. The van der Waals surface area contributed by atoms with Gasteiger partial charge in [0.25, 0.3) is 0 Å². The molecule has 37 heavy (non-hydrogen) atoms. The Morgan fingerprint density at radius 1 is 1.27 bits per heavy atom. The van der Waals surface area contributed by atoms with Crippen molar-refractivity contribution in [1.82, 2.24) is 19.6 Å². The summed E-state index contributed by atoms with van der Waals surface area (Å²) in [4.78, 5) is 14.7. The Hall–Kier alpha value is -1.68. The van der Waals surface area contributed by atoms with Crippen LogP contribution in [0.15, 0.2) is 12.3 Å². The van der Waals surface area contributed by atoms with E-state index < -0.39 is 14.4 Å². The third-order valence-electron chi connectivity index (χ3n) is 8.54. The SMILES string of the molecule is CN(CCN(C)C(=O)O)Cc1cn(C2CCCCO2)nc1C1=C[C@@H](O[Si](C)(C)C(C)(C)C)C(C)(C)CC1. The lowest BCUT2D eigenvalue weighted by molar-refractivity contribution is -0.0396. The van der Waals surface area contributed by atoms with Gasteiger partial charge in [-0.2, -0.15) is 5.10 Å². The Bertz CT molecular complexity index is 960. The summed E-state index contributed by atoms with van der Waals surface area (Å²) in [6, 6.07) is 0. The fourth-order valence-corrected chi connectivity index (χ4v) is 6.03. The average Bonchev–Trinajstić information content (AvgIpc) is 3.22. The second kappa shape index (κ2) is 11.6. The minimum Gasteiger partial charge on any atom is -0.465 e. The quantitative estimate of drug-likeness (QED) is 0.379. The van der Waals surface area contributed by atoms with Crippen molar-refractivity contribution >= 4 is 20.0 Å². The molecular weight excluding hydrogens is 484 g/mol. The maximum Gasteiger partial charge on any atom is 0.407 e. The Morgan fingerprint density at radius 2 is 1.97 bits per heavy atom. The van der Waals surface area contributed by atoms with Gasteiger partial charge in [-0.3, -0.25) is 0 Å². The molecule has 3 rings (SSSR count). The Kier molecular flexibility index (Phi) is 9.36. The van der Waals surface area contributed by atoms with E-state index in [-0.39, 0.29) is 22.8 Å². The van der Waals surface area contributed by atoms with Gasteiger partial charge < -0.3 is 24.1 Å². The number of aromatic nitrogens is 2. The Balaban J connectivity index is 1.91. The fraction of sp³-hybridized carbons (Fsp3) is 0.786. The highest BCUT2D eigenvalue weighted by molar-refractivity contribution is 6.74. The maximum absolute atomic E-state index is 11.2. The third-order valence-corrected chi connectivity index (χ3v) is 13.0. The standard InChI is InChI=1S/C28H50N4O4Si/c1-27(2,3)37(8,9)36-23-18-21(13-14-28(23,4)5)25-22(19-30(6)15-16-31(7)26(33)34)20-32(29-25)24-12-10-11-17-35-24/h18,20,23-24H,10-17,19H2,1-9H3,(H,33,34)/t23-,24?/m1/s1. The predicted molar refractivity (Wildman–Crippen MR) is 151 cm³/mol. The highest BCUT2D eigenvalue weighted by Crippen LogP contribution is 2.45. The molecule has 1 aliphatic heterocycles. The number of amides is 1. The number of ether oxygens (including phenoxy) is 1. The van der Waals surface area contributed by atoms with Crippen molar-refractivity contribution < 1.29 is 19.1 Å². The molecule has 1 aliphatic carbocycles. The smallest absolute Gasteiger partial charge is 0.407 e. The van der Waals surface area contributed by atoms with Crippen molar-refractivity contribution in [2.24, 2.45) is 5.41 Å². The van der Waals surface area contributed by atoms with Gasteiger partial charge in [-0.05, 0) is 68.3 Å². The van der Waals surface area contributed by atoms with Crippen molar-refractivity contribution in [3.63, 3.8) is 0 Å². The average molecular weight is 535 g/mol. The Morgan fingerprint density at radius 3 is 2.57 bits per heavy atom. The van der Waals surface area contributed by atoms with Crippen LogP contribution in [0.2, 0.25) is 18.1 Å². The van der Waals surface area contributed by atoms with Crippen LogP contribution in [0.5, 0.6) is 0 Å². The van der Waals surface area contributed by atoms with Gasteiger partial charge in [0.05, 0.1) is 11.8 Å². The minimum absolute atomic E-state index is 0.0235. The molecule has 1 aromatic rings. The van der Waals surface area contributed by atoms with Gasteiger partial charge in [0.15, 0.2) is 8.32 Å². The van der Waals surface area contributed by atoms with E-state index in [1.54, 1.807) is 7.05 Å². The van der Waals surface area contributed by atoms with Crippen LogP contribution in [-0.4, -0.2) is 79.0 Å². The van der Waals surface area contributed by atoms with Crippen LogP contribution in [-0.2, 0) is 15.7 Å². The molecule has 8 nitrogen and oxygen atoms in total. The second-order valence-corrected chi connectivity index (χ2v) is 18.0. The van der Waals surface area contributed by atoms with Crippen molar-refractivity contribution in [2.75, 3.05) is 33.8 Å². The van der Waals surface area contributed by atoms with Crippen molar-refractivity contribution in [2.45, 2.75) is 104 Å². The lowest BCUT2D eigenvalue weighted by Crippen LogP contribution is -2.48. The van der Waals surface area contributed by atoms with Crippen LogP contribution < -0.4 is 0 Å². The van der Waals surface area contributed by atoms with E-state index in [9.17, 15) is 9.90 Å². The number of rotatable bonds is 9.